The lowest BCUT2D eigenvalue weighted by atomic mass is 9.78. The normalized spacial score (nSPS) is 24.7. The van der Waals surface area contributed by atoms with Gasteiger partial charge in [-0.25, -0.2) is 0 Å². The SMILES string of the molecule is O=C(O)CNC(=O)C1(CO)CCNC(=O)C1. The van der Waals surface area contributed by atoms with Crippen LogP contribution >= 0.6 is 0 Å². The van der Waals surface area contributed by atoms with Crippen LogP contribution in [0.3, 0.4) is 0 Å². The van der Waals surface area contributed by atoms with E-state index in [4.69, 9.17) is 5.11 Å². The molecule has 1 atom stereocenters. The van der Waals surface area contributed by atoms with E-state index in [2.05, 4.69) is 10.6 Å². The summed E-state index contributed by atoms with van der Waals surface area (Å²) in [5, 5.41) is 22.3. The minimum atomic E-state index is -1.18. The number of carbonyl (C=O) groups is 3. The maximum atomic E-state index is 11.7. The Balaban J connectivity index is 2.67. The molecule has 4 N–H and O–H groups in total. The molecule has 1 heterocycles. The largest absolute Gasteiger partial charge is 0.480 e. The van der Waals surface area contributed by atoms with E-state index < -0.39 is 30.4 Å². The van der Waals surface area contributed by atoms with Crippen molar-refractivity contribution in [2.45, 2.75) is 12.8 Å². The quantitative estimate of drug-likeness (QED) is 0.449. The standard InChI is InChI=1S/C9H14N2O5/c12-5-9(1-2-10-6(13)3-9)8(16)11-4-7(14)15/h12H,1-5H2,(H,10,13)(H,11,16)(H,14,15). The van der Waals surface area contributed by atoms with E-state index in [1.165, 1.54) is 0 Å². The number of aliphatic hydroxyl groups is 1. The minimum Gasteiger partial charge on any atom is -0.480 e. The van der Waals surface area contributed by atoms with Crippen LogP contribution in [-0.2, 0) is 14.4 Å². The first-order valence-electron chi connectivity index (χ1n) is 4.88. The van der Waals surface area contributed by atoms with E-state index in [1.807, 2.05) is 0 Å². The third-order valence-corrected chi connectivity index (χ3v) is 2.61. The molecular formula is C9H14N2O5. The number of hydrogen-bond donors (Lipinski definition) is 4. The van der Waals surface area contributed by atoms with Gasteiger partial charge in [-0.1, -0.05) is 0 Å². The Labute approximate surface area is 91.8 Å². The molecule has 1 aliphatic heterocycles. The molecule has 0 aromatic carbocycles. The lowest BCUT2D eigenvalue weighted by Gasteiger charge is -2.33. The third kappa shape index (κ3) is 2.69. The molecule has 0 aromatic heterocycles. The predicted molar refractivity (Wildman–Crippen MR) is 52.4 cm³/mol. The van der Waals surface area contributed by atoms with Crippen molar-refractivity contribution in [2.24, 2.45) is 5.41 Å². The average molecular weight is 230 g/mol. The number of aliphatic hydroxyl groups excluding tert-OH is 1. The van der Waals surface area contributed by atoms with Gasteiger partial charge in [0.1, 0.15) is 6.54 Å². The molecule has 7 nitrogen and oxygen atoms in total. The van der Waals surface area contributed by atoms with Crippen molar-refractivity contribution < 1.29 is 24.6 Å². The maximum absolute atomic E-state index is 11.7. The number of piperidine rings is 1. The molecule has 0 aliphatic carbocycles. The fourth-order valence-electron chi connectivity index (χ4n) is 1.64. The molecule has 1 unspecified atom stereocenters. The molecule has 90 valence electrons. The summed E-state index contributed by atoms with van der Waals surface area (Å²) in [5.41, 5.74) is -1.18. The van der Waals surface area contributed by atoms with Crippen molar-refractivity contribution in [3.8, 4) is 0 Å². The van der Waals surface area contributed by atoms with Crippen molar-refractivity contribution in [3.63, 3.8) is 0 Å². The Hall–Kier alpha value is -1.63. The molecule has 7 heteroatoms. The monoisotopic (exact) mass is 230 g/mol. The number of carbonyl (C=O) groups excluding carboxylic acids is 2. The second-order valence-corrected chi connectivity index (χ2v) is 3.79. The number of amides is 2. The van der Waals surface area contributed by atoms with Gasteiger partial charge in [0.15, 0.2) is 0 Å². The molecule has 1 fully saturated rings. The molecule has 1 rings (SSSR count). The van der Waals surface area contributed by atoms with Gasteiger partial charge in [0.2, 0.25) is 11.8 Å². The molecule has 0 spiro atoms. The van der Waals surface area contributed by atoms with Crippen LogP contribution in [-0.4, -0.2) is 47.7 Å². The summed E-state index contributed by atoms with van der Waals surface area (Å²) in [5.74, 6) is -2.07. The Morgan fingerprint density at radius 2 is 2.19 bits per heavy atom. The van der Waals surface area contributed by atoms with Crippen molar-refractivity contribution in [1.82, 2.24) is 10.6 Å². The zero-order valence-electron chi connectivity index (χ0n) is 8.65. The molecule has 0 bridgehead atoms. The summed E-state index contributed by atoms with van der Waals surface area (Å²) in [6.07, 6.45) is 0.190. The van der Waals surface area contributed by atoms with E-state index >= 15 is 0 Å². The van der Waals surface area contributed by atoms with Crippen LogP contribution in [0, 0.1) is 5.41 Å². The van der Waals surface area contributed by atoms with Gasteiger partial charge >= 0.3 is 5.97 Å². The fraction of sp³-hybridized carbons (Fsp3) is 0.667. The highest BCUT2D eigenvalue weighted by Crippen LogP contribution is 2.28. The number of carboxylic acids is 1. The predicted octanol–water partition coefficient (Wildman–Crippen LogP) is -1.92. The van der Waals surface area contributed by atoms with Gasteiger partial charge in [-0.3, -0.25) is 14.4 Å². The van der Waals surface area contributed by atoms with Crippen molar-refractivity contribution in [3.05, 3.63) is 0 Å². The fourth-order valence-corrected chi connectivity index (χ4v) is 1.64. The number of hydrogen-bond acceptors (Lipinski definition) is 4. The topological polar surface area (TPSA) is 116 Å². The van der Waals surface area contributed by atoms with Crippen molar-refractivity contribution in [2.75, 3.05) is 19.7 Å². The van der Waals surface area contributed by atoms with Gasteiger partial charge in [-0.15, -0.1) is 0 Å². The molecule has 0 aromatic rings. The Bertz CT molecular complexity index is 317. The van der Waals surface area contributed by atoms with E-state index in [9.17, 15) is 19.5 Å². The highest BCUT2D eigenvalue weighted by atomic mass is 16.4. The number of aliphatic carboxylic acids is 1. The summed E-state index contributed by atoms with van der Waals surface area (Å²) in [6.45, 7) is -0.673. The molecule has 1 aliphatic rings. The zero-order chi connectivity index (χ0) is 12.2. The zero-order valence-corrected chi connectivity index (χ0v) is 8.65. The van der Waals surface area contributed by atoms with Crippen LogP contribution in [0.1, 0.15) is 12.8 Å². The molecule has 0 radical (unpaired) electrons. The Morgan fingerprint density at radius 3 is 2.69 bits per heavy atom. The van der Waals surface area contributed by atoms with Crippen molar-refractivity contribution >= 4 is 17.8 Å². The third-order valence-electron chi connectivity index (χ3n) is 2.61. The Kier molecular flexibility index (Phi) is 3.83. The maximum Gasteiger partial charge on any atom is 0.322 e. The van der Waals surface area contributed by atoms with E-state index in [0.29, 0.717) is 13.0 Å². The minimum absolute atomic E-state index is 0.116. The molecular weight excluding hydrogens is 216 g/mol. The van der Waals surface area contributed by atoms with Gasteiger partial charge in [0, 0.05) is 13.0 Å². The second-order valence-electron chi connectivity index (χ2n) is 3.79. The van der Waals surface area contributed by atoms with Gasteiger partial charge in [0.25, 0.3) is 0 Å². The van der Waals surface area contributed by atoms with Crippen LogP contribution in [0.4, 0.5) is 0 Å². The molecule has 0 saturated carbocycles. The summed E-state index contributed by atoms with van der Waals surface area (Å²) < 4.78 is 0. The van der Waals surface area contributed by atoms with Crippen LogP contribution in [0.25, 0.3) is 0 Å². The van der Waals surface area contributed by atoms with E-state index in [-0.39, 0.29) is 12.3 Å². The van der Waals surface area contributed by atoms with Gasteiger partial charge < -0.3 is 20.8 Å². The number of carboxylic acid groups (broad SMARTS) is 1. The van der Waals surface area contributed by atoms with Gasteiger partial charge in [-0.05, 0) is 6.42 Å². The first kappa shape index (κ1) is 12.4. The van der Waals surface area contributed by atoms with Gasteiger partial charge in [-0.2, -0.15) is 0 Å². The highest BCUT2D eigenvalue weighted by Gasteiger charge is 2.42. The van der Waals surface area contributed by atoms with E-state index in [0.717, 1.165) is 0 Å². The lowest BCUT2D eigenvalue weighted by Crippen LogP contribution is -2.52. The second kappa shape index (κ2) is 4.93. The smallest absolute Gasteiger partial charge is 0.322 e. The molecule has 16 heavy (non-hydrogen) atoms. The summed E-state index contributed by atoms with van der Waals surface area (Å²) in [6, 6.07) is 0. The summed E-state index contributed by atoms with van der Waals surface area (Å²) >= 11 is 0. The van der Waals surface area contributed by atoms with Gasteiger partial charge in [0.05, 0.1) is 12.0 Å². The van der Waals surface area contributed by atoms with Crippen LogP contribution in [0.2, 0.25) is 0 Å². The summed E-state index contributed by atoms with van der Waals surface area (Å²) in [7, 11) is 0. The first-order valence-corrected chi connectivity index (χ1v) is 4.88. The number of nitrogens with one attached hydrogen (secondary N) is 2. The van der Waals surface area contributed by atoms with Crippen LogP contribution in [0.15, 0.2) is 0 Å². The number of rotatable bonds is 4. The molecule has 2 amide bonds. The Morgan fingerprint density at radius 1 is 1.50 bits per heavy atom. The lowest BCUT2D eigenvalue weighted by molar-refractivity contribution is -0.145. The van der Waals surface area contributed by atoms with E-state index in [1.54, 1.807) is 0 Å². The van der Waals surface area contributed by atoms with Crippen LogP contribution < -0.4 is 10.6 Å². The highest BCUT2D eigenvalue weighted by molar-refractivity contribution is 5.91. The van der Waals surface area contributed by atoms with Crippen LogP contribution in [0.5, 0.6) is 0 Å². The average Bonchev–Trinajstić information content (AvgIpc) is 2.25. The van der Waals surface area contributed by atoms with Crippen molar-refractivity contribution in [1.29, 1.82) is 0 Å². The molecule has 1 saturated heterocycles. The first-order chi connectivity index (χ1) is 7.50. The summed E-state index contributed by atoms with van der Waals surface area (Å²) in [4.78, 5) is 33.1.